The lowest BCUT2D eigenvalue weighted by Crippen LogP contribution is -2.35. The number of carbonyl (C=O) groups excluding carboxylic acids is 2. The zero-order valence-electron chi connectivity index (χ0n) is 16.7. The molecule has 0 radical (unpaired) electrons. The first-order valence-corrected chi connectivity index (χ1v) is 10.2. The summed E-state index contributed by atoms with van der Waals surface area (Å²) in [7, 11) is 0. The Bertz CT molecular complexity index is 977. The summed E-state index contributed by atoms with van der Waals surface area (Å²) in [6.45, 7) is 2.11. The molecule has 1 aliphatic heterocycles. The van der Waals surface area contributed by atoms with Gasteiger partial charge >= 0.3 is 0 Å². The SMILES string of the molecule is O=C(Cc1ccc(-n2cnnn2)cc1)NCc1ccc(C(=O)N2CCCCC2)cc1. The van der Waals surface area contributed by atoms with Crippen molar-refractivity contribution in [3.63, 3.8) is 0 Å². The van der Waals surface area contributed by atoms with Gasteiger partial charge in [-0.25, -0.2) is 4.68 Å². The molecular weight excluding hydrogens is 380 g/mol. The molecule has 8 heteroatoms. The zero-order valence-corrected chi connectivity index (χ0v) is 16.7. The summed E-state index contributed by atoms with van der Waals surface area (Å²) in [6, 6.07) is 15.0. The monoisotopic (exact) mass is 404 g/mol. The van der Waals surface area contributed by atoms with Crippen molar-refractivity contribution >= 4 is 11.8 Å². The zero-order chi connectivity index (χ0) is 20.8. The fourth-order valence-corrected chi connectivity index (χ4v) is 3.54. The van der Waals surface area contributed by atoms with E-state index in [-0.39, 0.29) is 11.8 Å². The number of carbonyl (C=O) groups is 2. The van der Waals surface area contributed by atoms with Crippen LogP contribution in [0.25, 0.3) is 5.69 Å². The maximum Gasteiger partial charge on any atom is 0.253 e. The molecule has 1 N–H and O–H groups in total. The Morgan fingerprint density at radius 1 is 0.900 bits per heavy atom. The van der Waals surface area contributed by atoms with E-state index in [1.165, 1.54) is 12.7 Å². The summed E-state index contributed by atoms with van der Waals surface area (Å²) < 4.78 is 1.56. The molecule has 0 aliphatic carbocycles. The van der Waals surface area contributed by atoms with Crippen LogP contribution in [0.1, 0.15) is 40.7 Å². The number of rotatable bonds is 6. The number of aromatic nitrogens is 4. The molecule has 3 aromatic rings. The van der Waals surface area contributed by atoms with Crippen molar-refractivity contribution in [1.29, 1.82) is 0 Å². The van der Waals surface area contributed by atoms with Crippen LogP contribution >= 0.6 is 0 Å². The molecule has 0 unspecified atom stereocenters. The molecule has 0 saturated carbocycles. The van der Waals surface area contributed by atoms with Crippen LogP contribution < -0.4 is 5.32 Å². The van der Waals surface area contributed by atoms with E-state index in [9.17, 15) is 9.59 Å². The summed E-state index contributed by atoms with van der Waals surface area (Å²) in [6.07, 6.45) is 5.17. The van der Waals surface area contributed by atoms with E-state index >= 15 is 0 Å². The molecule has 4 rings (SSSR count). The van der Waals surface area contributed by atoms with Crippen LogP contribution in [0.3, 0.4) is 0 Å². The van der Waals surface area contributed by atoms with Gasteiger partial charge in [0.1, 0.15) is 6.33 Å². The molecular formula is C22H24N6O2. The maximum atomic E-state index is 12.5. The molecule has 2 aromatic carbocycles. The highest BCUT2D eigenvalue weighted by molar-refractivity contribution is 5.94. The number of tetrazole rings is 1. The van der Waals surface area contributed by atoms with Crippen LogP contribution in [0.15, 0.2) is 54.9 Å². The van der Waals surface area contributed by atoms with Crippen molar-refractivity contribution in [2.75, 3.05) is 13.1 Å². The molecule has 1 saturated heterocycles. The largest absolute Gasteiger partial charge is 0.352 e. The number of likely N-dealkylation sites (tertiary alicyclic amines) is 1. The van der Waals surface area contributed by atoms with Crippen LogP contribution in [0.2, 0.25) is 0 Å². The second-order valence-corrected chi connectivity index (χ2v) is 7.42. The first kappa shape index (κ1) is 19.8. The normalized spacial score (nSPS) is 13.8. The fraction of sp³-hybridized carbons (Fsp3) is 0.318. The number of benzene rings is 2. The molecule has 1 aromatic heterocycles. The lowest BCUT2D eigenvalue weighted by atomic mass is 10.1. The highest BCUT2D eigenvalue weighted by atomic mass is 16.2. The van der Waals surface area contributed by atoms with E-state index in [4.69, 9.17) is 0 Å². The number of amides is 2. The van der Waals surface area contributed by atoms with E-state index < -0.39 is 0 Å². The highest BCUT2D eigenvalue weighted by Crippen LogP contribution is 2.14. The van der Waals surface area contributed by atoms with Gasteiger partial charge in [-0.15, -0.1) is 5.10 Å². The van der Waals surface area contributed by atoms with Gasteiger partial charge < -0.3 is 10.2 Å². The van der Waals surface area contributed by atoms with E-state index in [0.717, 1.165) is 42.7 Å². The van der Waals surface area contributed by atoms with Gasteiger partial charge in [0.05, 0.1) is 12.1 Å². The molecule has 30 heavy (non-hydrogen) atoms. The summed E-state index contributed by atoms with van der Waals surface area (Å²) >= 11 is 0. The molecule has 0 bridgehead atoms. The van der Waals surface area contributed by atoms with Gasteiger partial charge in [0, 0.05) is 25.2 Å². The average Bonchev–Trinajstić information content (AvgIpc) is 3.34. The van der Waals surface area contributed by atoms with E-state index in [1.807, 2.05) is 53.4 Å². The Balaban J connectivity index is 1.27. The van der Waals surface area contributed by atoms with Gasteiger partial charge in [-0.3, -0.25) is 9.59 Å². The van der Waals surface area contributed by atoms with Crippen molar-refractivity contribution in [3.8, 4) is 5.69 Å². The molecule has 0 spiro atoms. The summed E-state index contributed by atoms with van der Waals surface area (Å²) in [5, 5.41) is 14.0. The highest BCUT2D eigenvalue weighted by Gasteiger charge is 2.17. The molecule has 2 amide bonds. The minimum atomic E-state index is -0.0568. The van der Waals surface area contributed by atoms with Crippen LogP contribution in [0.5, 0.6) is 0 Å². The number of nitrogens with zero attached hydrogens (tertiary/aromatic N) is 5. The van der Waals surface area contributed by atoms with E-state index in [2.05, 4.69) is 20.8 Å². The lowest BCUT2D eigenvalue weighted by Gasteiger charge is -2.26. The van der Waals surface area contributed by atoms with Crippen LogP contribution in [0, 0.1) is 0 Å². The van der Waals surface area contributed by atoms with Gasteiger partial charge in [0.2, 0.25) is 5.91 Å². The second kappa shape index (κ2) is 9.30. The minimum Gasteiger partial charge on any atom is -0.352 e. The summed E-state index contributed by atoms with van der Waals surface area (Å²) in [5.41, 5.74) is 3.41. The standard InChI is InChI=1S/C22H24N6O2/c29-21(14-17-6-10-20(11-7-17)28-16-24-25-26-28)23-15-18-4-8-19(9-5-18)22(30)27-12-2-1-3-13-27/h4-11,16H,1-3,12-15H2,(H,23,29). The van der Waals surface area contributed by atoms with Gasteiger partial charge in [-0.05, 0) is 65.1 Å². The predicted molar refractivity (Wildman–Crippen MR) is 111 cm³/mol. The Morgan fingerprint density at radius 2 is 1.60 bits per heavy atom. The average molecular weight is 404 g/mol. The Labute approximate surface area is 174 Å². The third kappa shape index (κ3) is 4.89. The van der Waals surface area contributed by atoms with Crippen molar-refractivity contribution < 1.29 is 9.59 Å². The van der Waals surface area contributed by atoms with Gasteiger partial charge in [0.15, 0.2) is 0 Å². The predicted octanol–water partition coefficient (Wildman–Crippen LogP) is 2.15. The third-order valence-electron chi connectivity index (χ3n) is 5.25. The summed E-state index contributed by atoms with van der Waals surface area (Å²) in [5.74, 6) is 0.0362. The number of nitrogens with one attached hydrogen (secondary N) is 1. The molecule has 8 nitrogen and oxygen atoms in total. The van der Waals surface area contributed by atoms with E-state index in [1.54, 1.807) is 4.68 Å². The molecule has 1 aliphatic rings. The van der Waals surface area contributed by atoms with Crippen molar-refractivity contribution in [1.82, 2.24) is 30.4 Å². The first-order valence-electron chi connectivity index (χ1n) is 10.2. The molecule has 2 heterocycles. The van der Waals surface area contributed by atoms with Crippen LogP contribution in [-0.4, -0.2) is 50.0 Å². The minimum absolute atomic E-state index is 0.0568. The van der Waals surface area contributed by atoms with Crippen molar-refractivity contribution in [2.45, 2.75) is 32.2 Å². The maximum absolute atomic E-state index is 12.5. The fourth-order valence-electron chi connectivity index (χ4n) is 3.54. The molecule has 154 valence electrons. The van der Waals surface area contributed by atoms with Crippen molar-refractivity contribution in [3.05, 3.63) is 71.5 Å². The Kier molecular flexibility index (Phi) is 6.12. The topological polar surface area (TPSA) is 93.0 Å². The van der Waals surface area contributed by atoms with Crippen LogP contribution in [-0.2, 0) is 17.8 Å². The van der Waals surface area contributed by atoms with Crippen molar-refractivity contribution in [2.24, 2.45) is 0 Å². The van der Waals surface area contributed by atoms with Crippen LogP contribution in [0.4, 0.5) is 0 Å². The van der Waals surface area contributed by atoms with Gasteiger partial charge in [-0.2, -0.15) is 0 Å². The quantitative estimate of drug-likeness (QED) is 0.680. The first-order chi connectivity index (χ1) is 14.7. The Morgan fingerprint density at radius 3 is 2.27 bits per heavy atom. The molecule has 0 atom stereocenters. The number of hydrogen-bond acceptors (Lipinski definition) is 5. The number of hydrogen-bond donors (Lipinski definition) is 1. The van der Waals surface area contributed by atoms with Gasteiger partial charge in [-0.1, -0.05) is 24.3 Å². The third-order valence-corrected chi connectivity index (χ3v) is 5.25. The second-order valence-electron chi connectivity index (χ2n) is 7.42. The molecule has 1 fully saturated rings. The Hall–Kier alpha value is -3.55. The smallest absolute Gasteiger partial charge is 0.253 e. The lowest BCUT2D eigenvalue weighted by molar-refractivity contribution is -0.120. The van der Waals surface area contributed by atoms with E-state index in [0.29, 0.717) is 18.5 Å². The number of piperidine rings is 1. The van der Waals surface area contributed by atoms with Gasteiger partial charge in [0.25, 0.3) is 5.91 Å². The summed E-state index contributed by atoms with van der Waals surface area (Å²) in [4.78, 5) is 26.7.